The highest BCUT2D eigenvalue weighted by Gasteiger charge is 2.28. The average molecular weight is 623 g/mol. The van der Waals surface area contributed by atoms with Gasteiger partial charge in [-0.25, -0.2) is 13.4 Å². The molecule has 228 valence electrons. The number of amides is 1. The number of rotatable bonds is 6. The van der Waals surface area contributed by atoms with Crippen LogP contribution in [0.2, 0.25) is 0 Å². The standard InChI is InChI=1S/C32H37FN6O2S.H2S/c1-22-19-23(2)28(36-25-11-13-37(14-12-25)29-9-5-4-7-24(29)21-34)20-26(22)32(40)39-17-15-38(16-18-39)30-10-6-8-27(33)31(30)42(3,35)41;/h4-10,19-20,25,35-36H,11-18H2,1-3H3;1H2/t42-;/m0./s1. The van der Waals surface area contributed by atoms with Crippen molar-refractivity contribution in [2.24, 2.45) is 0 Å². The van der Waals surface area contributed by atoms with Crippen LogP contribution in [0.5, 0.6) is 0 Å². The molecule has 8 nitrogen and oxygen atoms in total. The molecular weight excluding hydrogens is 584 g/mol. The van der Waals surface area contributed by atoms with Crippen molar-refractivity contribution in [1.82, 2.24) is 4.90 Å². The van der Waals surface area contributed by atoms with Crippen LogP contribution in [0.3, 0.4) is 0 Å². The highest BCUT2D eigenvalue weighted by Crippen LogP contribution is 2.31. The number of nitrogens with zero attached hydrogens (tertiary/aromatic N) is 4. The number of benzene rings is 3. The third-order valence-corrected chi connectivity index (χ3v) is 9.45. The molecule has 11 heteroatoms. The van der Waals surface area contributed by atoms with E-state index in [1.165, 1.54) is 12.3 Å². The summed E-state index contributed by atoms with van der Waals surface area (Å²) in [4.78, 5) is 19.6. The van der Waals surface area contributed by atoms with Crippen LogP contribution in [-0.4, -0.2) is 66.6 Å². The van der Waals surface area contributed by atoms with Crippen molar-refractivity contribution < 1.29 is 13.4 Å². The van der Waals surface area contributed by atoms with Crippen molar-refractivity contribution in [3.8, 4) is 6.07 Å². The molecule has 3 aromatic carbocycles. The van der Waals surface area contributed by atoms with Gasteiger partial charge in [-0.15, -0.1) is 0 Å². The highest BCUT2D eigenvalue weighted by atomic mass is 32.2. The summed E-state index contributed by atoms with van der Waals surface area (Å²) in [6.07, 6.45) is 3.07. The minimum atomic E-state index is -3.25. The van der Waals surface area contributed by atoms with Crippen LogP contribution in [0.15, 0.2) is 59.5 Å². The number of anilines is 3. The molecule has 1 amide bonds. The monoisotopic (exact) mass is 622 g/mol. The van der Waals surface area contributed by atoms with Gasteiger partial charge in [0.15, 0.2) is 0 Å². The van der Waals surface area contributed by atoms with Gasteiger partial charge in [-0.3, -0.25) is 4.79 Å². The SMILES string of the molecule is Cc1cc(C)c(C(=O)N2CCN(c3cccc(F)c3[S@@](C)(=N)=O)CC2)cc1NC1CCN(c2ccccc2C#N)CC1.S. The Balaban J connectivity index is 0.00000423. The summed E-state index contributed by atoms with van der Waals surface area (Å²) in [5.41, 5.74) is 5.76. The smallest absolute Gasteiger partial charge is 0.254 e. The molecule has 2 heterocycles. The first-order valence-electron chi connectivity index (χ1n) is 14.2. The lowest BCUT2D eigenvalue weighted by Gasteiger charge is -2.37. The number of piperidine rings is 1. The minimum absolute atomic E-state index is 0. The molecule has 0 radical (unpaired) electrons. The third kappa shape index (κ3) is 6.92. The summed E-state index contributed by atoms with van der Waals surface area (Å²) in [5.74, 6) is -0.682. The third-order valence-electron chi connectivity index (χ3n) is 8.26. The van der Waals surface area contributed by atoms with Crippen molar-refractivity contribution >= 4 is 46.2 Å². The van der Waals surface area contributed by atoms with E-state index in [4.69, 9.17) is 4.78 Å². The van der Waals surface area contributed by atoms with Crippen LogP contribution in [0.4, 0.5) is 21.5 Å². The molecule has 2 aliphatic heterocycles. The van der Waals surface area contributed by atoms with Gasteiger partial charge >= 0.3 is 0 Å². The second-order valence-corrected chi connectivity index (χ2v) is 13.3. The summed E-state index contributed by atoms with van der Waals surface area (Å²) < 4.78 is 35.0. The van der Waals surface area contributed by atoms with Gasteiger partial charge in [0.25, 0.3) is 5.91 Å². The Bertz CT molecular complexity index is 1640. The molecule has 3 aromatic rings. The lowest BCUT2D eigenvalue weighted by atomic mass is 9.99. The van der Waals surface area contributed by atoms with Crippen LogP contribution >= 0.6 is 13.5 Å². The Kier molecular flexibility index (Phi) is 9.93. The number of nitriles is 1. The van der Waals surface area contributed by atoms with Crippen LogP contribution in [0.25, 0.3) is 0 Å². The lowest BCUT2D eigenvalue weighted by molar-refractivity contribution is 0.0746. The van der Waals surface area contributed by atoms with E-state index < -0.39 is 15.5 Å². The number of nitrogens with one attached hydrogen (secondary N) is 2. The zero-order chi connectivity index (χ0) is 30.0. The van der Waals surface area contributed by atoms with Crippen LogP contribution in [0.1, 0.15) is 39.9 Å². The summed E-state index contributed by atoms with van der Waals surface area (Å²) in [5, 5.41) is 13.2. The Labute approximate surface area is 260 Å². The first-order chi connectivity index (χ1) is 20.1. The predicted octanol–water partition coefficient (Wildman–Crippen LogP) is 5.51. The Morgan fingerprint density at radius 1 is 0.953 bits per heavy atom. The molecule has 2 N–H and O–H groups in total. The molecule has 0 unspecified atom stereocenters. The van der Waals surface area contributed by atoms with E-state index in [1.54, 1.807) is 12.1 Å². The zero-order valence-corrected chi connectivity index (χ0v) is 26.6. The van der Waals surface area contributed by atoms with Crippen molar-refractivity contribution in [2.75, 3.05) is 60.6 Å². The van der Waals surface area contributed by atoms with Gasteiger partial charge in [-0.1, -0.05) is 24.3 Å². The van der Waals surface area contributed by atoms with Crippen molar-refractivity contribution in [2.45, 2.75) is 37.6 Å². The van der Waals surface area contributed by atoms with E-state index in [9.17, 15) is 18.7 Å². The molecule has 0 bridgehead atoms. The molecule has 0 aromatic heterocycles. The molecular formula is C32H39FN6O2S2. The summed E-state index contributed by atoms with van der Waals surface area (Å²) in [6.45, 7) is 7.50. The number of hydrogen-bond acceptors (Lipinski definition) is 7. The van der Waals surface area contributed by atoms with Crippen molar-refractivity contribution in [3.05, 3.63) is 82.7 Å². The van der Waals surface area contributed by atoms with E-state index in [2.05, 4.69) is 29.3 Å². The highest BCUT2D eigenvalue weighted by molar-refractivity contribution is 7.91. The Morgan fingerprint density at radius 3 is 2.23 bits per heavy atom. The fraction of sp³-hybridized carbons (Fsp3) is 0.375. The van der Waals surface area contributed by atoms with Crippen LogP contribution in [0, 0.1) is 35.8 Å². The quantitative estimate of drug-likeness (QED) is 0.376. The molecule has 0 saturated carbocycles. The largest absolute Gasteiger partial charge is 0.382 e. The van der Waals surface area contributed by atoms with Gasteiger partial charge in [-0.05, 0) is 68.1 Å². The summed E-state index contributed by atoms with van der Waals surface area (Å²) in [7, 11) is -3.25. The molecule has 2 saturated heterocycles. The van der Waals surface area contributed by atoms with E-state index >= 15 is 0 Å². The number of aryl methyl sites for hydroxylation is 2. The number of carbonyl (C=O) groups excluding carboxylic acids is 1. The van der Waals surface area contributed by atoms with E-state index in [0.717, 1.165) is 48.4 Å². The van der Waals surface area contributed by atoms with Gasteiger partial charge in [0, 0.05) is 62.8 Å². The Hall–Kier alpha value is -3.75. The molecule has 5 rings (SSSR count). The van der Waals surface area contributed by atoms with Gasteiger partial charge < -0.3 is 20.0 Å². The molecule has 1 atom stereocenters. The van der Waals surface area contributed by atoms with E-state index in [1.807, 2.05) is 47.1 Å². The molecule has 2 fully saturated rings. The van der Waals surface area contributed by atoms with E-state index in [-0.39, 0.29) is 30.3 Å². The maximum atomic E-state index is 14.5. The molecule has 0 aliphatic carbocycles. The van der Waals surface area contributed by atoms with Gasteiger partial charge in [0.2, 0.25) is 0 Å². The first-order valence-corrected chi connectivity index (χ1v) is 16.2. The fourth-order valence-electron chi connectivity index (χ4n) is 6.02. The average Bonchev–Trinajstić information content (AvgIpc) is 2.98. The van der Waals surface area contributed by atoms with Gasteiger partial charge in [0.1, 0.15) is 16.8 Å². The summed E-state index contributed by atoms with van der Waals surface area (Å²) >= 11 is 0. The second kappa shape index (κ2) is 13.3. The fourth-order valence-corrected chi connectivity index (χ4v) is 7.06. The normalized spacial score (nSPS) is 17.0. The predicted molar refractivity (Wildman–Crippen MR) is 176 cm³/mol. The van der Waals surface area contributed by atoms with Crippen LogP contribution in [-0.2, 0) is 9.73 Å². The zero-order valence-electron chi connectivity index (χ0n) is 24.8. The molecule has 2 aliphatic rings. The number of halogens is 1. The van der Waals surface area contributed by atoms with Gasteiger partial charge in [-0.2, -0.15) is 18.8 Å². The van der Waals surface area contributed by atoms with Crippen molar-refractivity contribution in [1.29, 1.82) is 10.0 Å². The number of carbonyl (C=O) groups is 1. The topological polar surface area (TPSA) is 104 Å². The van der Waals surface area contributed by atoms with E-state index in [0.29, 0.717) is 43.0 Å². The van der Waals surface area contributed by atoms with Crippen molar-refractivity contribution in [3.63, 3.8) is 0 Å². The Morgan fingerprint density at radius 2 is 1.58 bits per heavy atom. The number of hydrogen-bond donors (Lipinski definition) is 2. The molecule has 43 heavy (non-hydrogen) atoms. The summed E-state index contributed by atoms with van der Waals surface area (Å²) in [6, 6.07) is 18.8. The number of piperazine rings is 1. The van der Waals surface area contributed by atoms with Crippen LogP contribution < -0.4 is 15.1 Å². The number of para-hydroxylation sites is 1. The maximum absolute atomic E-state index is 14.5. The first kappa shape index (κ1) is 32.2. The van der Waals surface area contributed by atoms with Gasteiger partial charge in [0.05, 0.1) is 26.7 Å². The maximum Gasteiger partial charge on any atom is 0.254 e. The minimum Gasteiger partial charge on any atom is -0.382 e. The lowest BCUT2D eigenvalue weighted by Crippen LogP contribution is -2.49. The molecule has 0 spiro atoms. The second-order valence-electron chi connectivity index (χ2n) is 11.2.